The summed E-state index contributed by atoms with van der Waals surface area (Å²) in [7, 11) is 1.71. The van der Waals surface area contributed by atoms with Gasteiger partial charge >= 0.3 is 5.97 Å². The number of carboxylic acids is 1. The van der Waals surface area contributed by atoms with Crippen LogP contribution in [-0.2, 0) is 14.3 Å². The first kappa shape index (κ1) is 16.1. The predicted molar refractivity (Wildman–Crippen MR) is 70.7 cm³/mol. The van der Waals surface area contributed by atoms with Gasteiger partial charge in [0.1, 0.15) is 11.8 Å². The van der Waals surface area contributed by atoms with Crippen LogP contribution in [0.4, 0.5) is 0 Å². The zero-order valence-corrected chi connectivity index (χ0v) is 12.3. The lowest BCUT2D eigenvalue weighted by Gasteiger charge is -2.40. The fourth-order valence-corrected chi connectivity index (χ4v) is 1.94. The number of likely N-dealkylation sites (tertiary alicyclic amines) is 1. The molecule has 0 amide bonds. The van der Waals surface area contributed by atoms with Crippen LogP contribution >= 0.6 is 0 Å². The second-order valence-electron chi connectivity index (χ2n) is 6.00. The maximum atomic E-state index is 11.4. The Bertz CT molecular complexity index is 351. The molecule has 0 aromatic rings. The Hall–Kier alpha value is -0.980. The molecule has 6 nitrogen and oxygen atoms in total. The normalized spacial score (nSPS) is 20.8. The van der Waals surface area contributed by atoms with E-state index in [1.54, 1.807) is 18.9 Å². The van der Waals surface area contributed by atoms with Crippen molar-refractivity contribution in [1.82, 2.24) is 9.80 Å². The van der Waals surface area contributed by atoms with Gasteiger partial charge in [-0.15, -0.1) is 0 Å². The zero-order valence-electron chi connectivity index (χ0n) is 12.3. The van der Waals surface area contributed by atoms with E-state index < -0.39 is 24.0 Å². The molecular weight excluding hydrogens is 248 g/mol. The Morgan fingerprint density at radius 2 is 2.05 bits per heavy atom. The van der Waals surface area contributed by atoms with Gasteiger partial charge in [-0.1, -0.05) is 0 Å². The first-order valence-corrected chi connectivity index (χ1v) is 6.50. The van der Waals surface area contributed by atoms with Gasteiger partial charge < -0.3 is 9.84 Å². The number of Topliss-reactive ketones (excluding diaryl/α,β-unsaturated/α-hetero) is 1. The second kappa shape index (κ2) is 5.98. The summed E-state index contributed by atoms with van der Waals surface area (Å²) in [5, 5.41) is 9.11. The molecule has 1 N–H and O–H groups in total. The highest BCUT2D eigenvalue weighted by Gasteiger charge is 2.36. The monoisotopic (exact) mass is 272 g/mol. The van der Waals surface area contributed by atoms with Crippen LogP contribution in [0, 0.1) is 0 Å². The Morgan fingerprint density at radius 3 is 2.42 bits per heavy atom. The number of carbonyl (C=O) groups is 2. The number of hydrogen-bond acceptors (Lipinski definition) is 5. The Kier molecular flexibility index (Phi) is 5.06. The van der Waals surface area contributed by atoms with E-state index in [9.17, 15) is 9.59 Å². The van der Waals surface area contributed by atoms with E-state index in [1.165, 1.54) is 0 Å². The Labute approximate surface area is 114 Å². The van der Waals surface area contributed by atoms with Crippen LogP contribution in [0.5, 0.6) is 0 Å². The number of carbonyl (C=O) groups excluding carboxylic acids is 1. The molecule has 2 atom stereocenters. The van der Waals surface area contributed by atoms with E-state index in [2.05, 4.69) is 0 Å². The highest BCUT2D eigenvalue weighted by Crippen LogP contribution is 2.21. The third kappa shape index (κ3) is 4.56. The van der Waals surface area contributed by atoms with Crippen molar-refractivity contribution in [2.45, 2.75) is 52.1 Å². The molecule has 1 rings (SSSR count). The minimum Gasteiger partial charge on any atom is -0.480 e. The van der Waals surface area contributed by atoms with Gasteiger partial charge in [-0.2, -0.15) is 0 Å². The van der Waals surface area contributed by atoms with Gasteiger partial charge in [0.25, 0.3) is 0 Å². The van der Waals surface area contributed by atoms with Crippen molar-refractivity contribution in [2.24, 2.45) is 0 Å². The van der Waals surface area contributed by atoms with Gasteiger partial charge in [0.15, 0.2) is 6.35 Å². The Balaban J connectivity index is 2.85. The van der Waals surface area contributed by atoms with Crippen LogP contribution in [0.3, 0.4) is 0 Å². The average molecular weight is 272 g/mol. The summed E-state index contributed by atoms with van der Waals surface area (Å²) in [4.78, 5) is 26.1. The van der Waals surface area contributed by atoms with Gasteiger partial charge in [0.2, 0.25) is 0 Å². The fraction of sp³-hybridized carbons (Fsp3) is 0.846. The number of rotatable bonds is 5. The molecule has 2 unspecified atom stereocenters. The molecule has 6 heteroatoms. The highest BCUT2D eigenvalue weighted by molar-refractivity contribution is 5.82. The fourth-order valence-electron chi connectivity index (χ4n) is 1.94. The van der Waals surface area contributed by atoms with Crippen LogP contribution in [0.15, 0.2) is 0 Å². The van der Waals surface area contributed by atoms with Crippen LogP contribution in [-0.4, -0.2) is 64.8 Å². The van der Waals surface area contributed by atoms with Crippen molar-refractivity contribution in [3.05, 3.63) is 0 Å². The quantitative estimate of drug-likeness (QED) is 0.745. The lowest BCUT2D eigenvalue weighted by Crippen LogP contribution is -2.55. The number of nitrogens with zero attached hydrogens (tertiary/aromatic N) is 2. The molecule has 1 fully saturated rings. The van der Waals surface area contributed by atoms with Gasteiger partial charge in [-0.25, -0.2) is 0 Å². The molecule has 0 aliphatic carbocycles. The summed E-state index contributed by atoms with van der Waals surface area (Å²) in [5.41, 5.74) is -0.414. The van der Waals surface area contributed by atoms with Crippen LogP contribution in [0.2, 0.25) is 0 Å². The maximum Gasteiger partial charge on any atom is 0.320 e. The van der Waals surface area contributed by atoms with Crippen molar-refractivity contribution >= 4 is 11.8 Å². The van der Waals surface area contributed by atoms with E-state index in [1.807, 2.05) is 25.7 Å². The van der Waals surface area contributed by atoms with E-state index in [0.29, 0.717) is 19.5 Å². The largest absolute Gasteiger partial charge is 0.480 e. The summed E-state index contributed by atoms with van der Waals surface area (Å²) in [6.07, 6.45) is -0.00297. The lowest BCUT2D eigenvalue weighted by atomic mass is 10.2. The van der Waals surface area contributed by atoms with Crippen molar-refractivity contribution < 1.29 is 19.4 Å². The van der Waals surface area contributed by atoms with Crippen molar-refractivity contribution in [1.29, 1.82) is 0 Å². The van der Waals surface area contributed by atoms with Crippen molar-refractivity contribution in [3.63, 3.8) is 0 Å². The molecule has 1 aliphatic heterocycles. The summed E-state index contributed by atoms with van der Waals surface area (Å²) in [6.45, 7) is 8.28. The first-order chi connectivity index (χ1) is 8.61. The number of ketones is 1. The molecule has 0 aromatic heterocycles. The number of hydrogen-bond donors (Lipinski definition) is 1. The van der Waals surface area contributed by atoms with E-state index >= 15 is 0 Å². The van der Waals surface area contributed by atoms with Crippen LogP contribution < -0.4 is 0 Å². The average Bonchev–Trinajstić information content (AvgIpc) is 2.69. The summed E-state index contributed by atoms with van der Waals surface area (Å²) >= 11 is 0. The smallest absolute Gasteiger partial charge is 0.320 e. The molecule has 1 aliphatic rings. The number of ether oxygens (including phenoxy) is 1. The van der Waals surface area contributed by atoms with Gasteiger partial charge in [-0.05, 0) is 34.7 Å². The standard InChI is InChI=1S/C13H24N2O4/c1-9(11(17)18)14(5)12(19-13(2,3)4)15-7-6-10(16)8-15/h9,12H,6-8H2,1-5H3,(H,17,18). The molecule has 1 saturated heterocycles. The molecule has 0 saturated carbocycles. The molecule has 0 aromatic carbocycles. The lowest BCUT2D eigenvalue weighted by molar-refractivity contribution is -0.205. The van der Waals surface area contributed by atoms with Crippen molar-refractivity contribution in [2.75, 3.05) is 20.1 Å². The summed E-state index contributed by atoms with van der Waals surface area (Å²) < 4.78 is 5.94. The predicted octanol–water partition coefficient (Wildman–Crippen LogP) is 0.765. The molecular formula is C13H24N2O4. The Morgan fingerprint density at radius 1 is 1.47 bits per heavy atom. The minimum atomic E-state index is -0.907. The molecule has 19 heavy (non-hydrogen) atoms. The molecule has 1 heterocycles. The molecule has 0 spiro atoms. The maximum absolute atomic E-state index is 11.4. The topological polar surface area (TPSA) is 70.1 Å². The first-order valence-electron chi connectivity index (χ1n) is 6.50. The highest BCUT2D eigenvalue weighted by atomic mass is 16.5. The molecule has 0 bridgehead atoms. The SMILES string of the molecule is CC(C(=O)O)N(C)C(OC(C)(C)C)N1CCC(=O)C1. The zero-order chi connectivity index (χ0) is 14.8. The van der Waals surface area contributed by atoms with Gasteiger partial charge in [0.05, 0.1) is 12.1 Å². The summed E-state index contributed by atoms with van der Waals surface area (Å²) in [6, 6.07) is -0.678. The van der Waals surface area contributed by atoms with Crippen LogP contribution in [0.1, 0.15) is 34.1 Å². The summed E-state index contributed by atoms with van der Waals surface area (Å²) in [5.74, 6) is -0.741. The van der Waals surface area contributed by atoms with E-state index in [-0.39, 0.29) is 5.78 Å². The van der Waals surface area contributed by atoms with Crippen molar-refractivity contribution in [3.8, 4) is 0 Å². The molecule has 110 valence electrons. The number of aliphatic carboxylic acids is 1. The third-order valence-electron chi connectivity index (χ3n) is 3.15. The third-order valence-corrected chi connectivity index (χ3v) is 3.15. The second-order valence-corrected chi connectivity index (χ2v) is 6.00. The molecule has 0 radical (unpaired) electrons. The number of carboxylic acid groups (broad SMARTS) is 1. The minimum absolute atomic E-state index is 0.166. The van der Waals surface area contributed by atoms with Gasteiger partial charge in [0, 0.05) is 13.0 Å². The van der Waals surface area contributed by atoms with Crippen LogP contribution in [0.25, 0.3) is 0 Å². The number of likely N-dealkylation sites (N-methyl/N-ethyl adjacent to an activating group) is 1. The van der Waals surface area contributed by atoms with Gasteiger partial charge in [-0.3, -0.25) is 19.4 Å². The van der Waals surface area contributed by atoms with E-state index in [4.69, 9.17) is 9.84 Å². The van der Waals surface area contributed by atoms with E-state index in [0.717, 1.165) is 0 Å².